The van der Waals surface area contributed by atoms with E-state index in [0.29, 0.717) is 28.0 Å². The number of benzene rings is 1. The van der Waals surface area contributed by atoms with Crippen LogP contribution in [0.4, 0.5) is 0 Å². The number of hydrogen-bond donors (Lipinski definition) is 3. The average Bonchev–Trinajstić information content (AvgIpc) is 3.14. The molecule has 4 rings (SSSR count). The Hall–Kier alpha value is -2.15. The van der Waals surface area contributed by atoms with Crippen molar-refractivity contribution in [3.63, 3.8) is 0 Å². The van der Waals surface area contributed by atoms with Crippen molar-refractivity contribution in [2.75, 3.05) is 5.43 Å². The van der Waals surface area contributed by atoms with Gasteiger partial charge in [0.15, 0.2) is 5.11 Å². The molecule has 1 heterocycles. The molecule has 2 aliphatic rings. The van der Waals surface area contributed by atoms with Crippen molar-refractivity contribution < 1.29 is 0 Å². The van der Waals surface area contributed by atoms with E-state index in [4.69, 9.17) is 12.2 Å². The lowest BCUT2D eigenvalue weighted by molar-refractivity contribution is 0.391. The molecule has 0 radical (unpaired) electrons. The van der Waals surface area contributed by atoms with E-state index in [2.05, 4.69) is 15.7 Å². The lowest BCUT2D eigenvalue weighted by Gasteiger charge is -2.24. The molecule has 2 aliphatic carbocycles. The first-order chi connectivity index (χ1) is 11.1. The van der Waals surface area contributed by atoms with Crippen molar-refractivity contribution >= 4 is 28.2 Å². The second-order valence-corrected chi connectivity index (χ2v) is 6.89. The van der Waals surface area contributed by atoms with E-state index in [0.717, 1.165) is 17.0 Å². The molecular weight excluding hydrogens is 312 g/mol. The number of nitrogens with zero attached hydrogens (tertiary/aromatic N) is 1. The quantitative estimate of drug-likeness (QED) is 0.723. The zero-order chi connectivity index (χ0) is 16.0. The van der Waals surface area contributed by atoms with E-state index in [1.54, 1.807) is 24.3 Å². The van der Waals surface area contributed by atoms with Crippen molar-refractivity contribution in [3.05, 3.63) is 45.1 Å². The lowest BCUT2D eigenvalue weighted by Crippen LogP contribution is -2.49. The van der Waals surface area contributed by atoms with Gasteiger partial charge in [-0.05, 0) is 55.4 Å². The predicted molar refractivity (Wildman–Crippen MR) is 93.2 cm³/mol. The van der Waals surface area contributed by atoms with Gasteiger partial charge in [-0.15, -0.1) is 0 Å². The summed E-state index contributed by atoms with van der Waals surface area (Å²) in [4.78, 5) is 27.2. The Bertz CT molecular complexity index is 888. The number of rotatable bonds is 2. The molecule has 0 aliphatic heterocycles. The highest BCUT2D eigenvalue weighted by Crippen LogP contribution is 2.44. The summed E-state index contributed by atoms with van der Waals surface area (Å²) in [7, 11) is 0. The zero-order valence-corrected chi connectivity index (χ0v) is 13.4. The second-order valence-electron chi connectivity index (χ2n) is 6.48. The number of nitrogens with one attached hydrogen (secondary N) is 3. The molecule has 3 atom stereocenters. The first-order valence-corrected chi connectivity index (χ1v) is 8.34. The van der Waals surface area contributed by atoms with Crippen molar-refractivity contribution in [1.29, 1.82) is 0 Å². The van der Waals surface area contributed by atoms with Crippen molar-refractivity contribution in [1.82, 2.24) is 15.0 Å². The highest BCUT2D eigenvalue weighted by atomic mass is 32.1. The van der Waals surface area contributed by atoms with E-state index in [1.807, 2.05) is 0 Å². The van der Waals surface area contributed by atoms with Crippen LogP contribution in [0.5, 0.6) is 0 Å². The molecule has 0 amide bonds. The number of H-pyrrole nitrogens is 1. The average molecular weight is 330 g/mol. The minimum atomic E-state index is -0.522. The smallest absolute Gasteiger partial charge is 0.348 e. The lowest BCUT2D eigenvalue weighted by atomic mass is 9.96. The van der Waals surface area contributed by atoms with Gasteiger partial charge < -0.3 is 10.3 Å². The molecule has 2 saturated carbocycles. The van der Waals surface area contributed by atoms with Crippen molar-refractivity contribution in [3.8, 4) is 0 Å². The van der Waals surface area contributed by atoms with Crippen molar-refractivity contribution in [2.45, 2.75) is 31.7 Å². The molecular formula is C16H18N4O2S. The van der Waals surface area contributed by atoms with Gasteiger partial charge in [0, 0.05) is 6.04 Å². The third-order valence-electron chi connectivity index (χ3n) is 5.07. The molecule has 2 aromatic rings. The molecule has 6 nitrogen and oxygen atoms in total. The Morgan fingerprint density at radius 1 is 1.22 bits per heavy atom. The normalized spacial score (nSPS) is 25.7. The predicted octanol–water partition coefficient (Wildman–Crippen LogP) is 1.30. The maximum Gasteiger partial charge on any atom is 0.348 e. The Labute approximate surface area is 137 Å². The minimum absolute atomic E-state index is 0.324. The number of fused-ring (bicyclic) bond motifs is 3. The summed E-state index contributed by atoms with van der Waals surface area (Å²) in [6.45, 7) is 0. The number of aromatic amines is 1. The Balaban J connectivity index is 1.56. The van der Waals surface area contributed by atoms with Crippen LogP contribution in [0.2, 0.25) is 0 Å². The van der Waals surface area contributed by atoms with Gasteiger partial charge in [0.25, 0.3) is 5.56 Å². The molecule has 2 bridgehead atoms. The monoisotopic (exact) mass is 330 g/mol. The summed E-state index contributed by atoms with van der Waals surface area (Å²) in [5.74, 6) is 1.46. The molecule has 3 unspecified atom stereocenters. The van der Waals surface area contributed by atoms with Crippen molar-refractivity contribution in [2.24, 2.45) is 11.8 Å². The largest absolute Gasteiger partial charge is 0.358 e. The van der Waals surface area contributed by atoms with Gasteiger partial charge in [-0.25, -0.2) is 4.79 Å². The fourth-order valence-electron chi connectivity index (χ4n) is 3.99. The summed E-state index contributed by atoms with van der Waals surface area (Å²) < 4.78 is 0.935. The van der Waals surface area contributed by atoms with Crippen LogP contribution in [0, 0.1) is 11.8 Å². The van der Waals surface area contributed by atoms with E-state index >= 15 is 0 Å². The molecule has 7 heteroatoms. The maximum atomic E-state index is 12.4. The van der Waals surface area contributed by atoms with Crippen LogP contribution in [-0.2, 0) is 0 Å². The second kappa shape index (κ2) is 5.49. The Morgan fingerprint density at radius 2 is 2.04 bits per heavy atom. The fourth-order valence-corrected chi connectivity index (χ4v) is 4.23. The summed E-state index contributed by atoms with van der Waals surface area (Å²) in [5.41, 5.74) is 2.33. The summed E-state index contributed by atoms with van der Waals surface area (Å²) in [5, 5.41) is 4.04. The van der Waals surface area contributed by atoms with E-state index < -0.39 is 11.2 Å². The summed E-state index contributed by atoms with van der Waals surface area (Å²) in [6, 6.07) is 7.27. The molecule has 120 valence electrons. The SMILES string of the molecule is O=c1[nH]c2ccccc2c(=O)n1NC(=S)NC1CC2CCC1C2. The van der Waals surface area contributed by atoms with Gasteiger partial charge in [0.1, 0.15) is 0 Å². The molecule has 23 heavy (non-hydrogen) atoms. The molecule has 0 saturated heterocycles. The number of hydrogen-bond acceptors (Lipinski definition) is 3. The van der Waals surface area contributed by atoms with Gasteiger partial charge in [-0.3, -0.25) is 10.2 Å². The highest BCUT2D eigenvalue weighted by Gasteiger charge is 2.39. The van der Waals surface area contributed by atoms with Crippen LogP contribution in [0.15, 0.2) is 33.9 Å². The first kappa shape index (κ1) is 14.4. The topological polar surface area (TPSA) is 78.9 Å². The molecule has 1 aromatic carbocycles. The van der Waals surface area contributed by atoms with Gasteiger partial charge in [-0.2, -0.15) is 4.68 Å². The zero-order valence-electron chi connectivity index (χ0n) is 12.5. The molecule has 1 aromatic heterocycles. The van der Waals surface area contributed by atoms with E-state index in [9.17, 15) is 9.59 Å². The highest BCUT2D eigenvalue weighted by molar-refractivity contribution is 7.80. The number of aromatic nitrogens is 2. The minimum Gasteiger partial charge on any atom is -0.358 e. The van der Waals surface area contributed by atoms with Crippen LogP contribution < -0.4 is 22.0 Å². The number of para-hydroxylation sites is 1. The van der Waals surface area contributed by atoms with Gasteiger partial charge in [0.2, 0.25) is 0 Å². The van der Waals surface area contributed by atoms with Crippen LogP contribution in [0.3, 0.4) is 0 Å². The molecule has 0 spiro atoms. The molecule has 2 fully saturated rings. The third kappa shape index (κ3) is 2.55. The van der Waals surface area contributed by atoms with Crippen LogP contribution in [0.25, 0.3) is 10.9 Å². The van der Waals surface area contributed by atoms with Crippen LogP contribution in [0.1, 0.15) is 25.7 Å². The maximum absolute atomic E-state index is 12.4. The molecule has 3 N–H and O–H groups in total. The third-order valence-corrected chi connectivity index (χ3v) is 5.28. The Kier molecular flexibility index (Phi) is 3.45. The van der Waals surface area contributed by atoms with E-state index in [-0.39, 0.29) is 0 Å². The summed E-state index contributed by atoms with van der Waals surface area (Å²) in [6.07, 6.45) is 4.93. The number of thiocarbonyl (C=S) groups is 1. The van der Waals surface area contributed by atoms with Crippen LogP contribution in [-0.4, -0.2) is 20.8 Å². The van der Waals surface area contributed by atoms with E-state index in [1.165, 1.54) is 19.3 Å². The first-order valence-electron chi connectivity index (χ1n) is 7.93. The van der Waals surface area contributed by atoms with Gasteiger partial charge >= 0.3 is 5.69 Å². The fraction of sp³-hybridized carbons (Fsp3) is 0.438. The van der Waals surface area contributed by atoms with Crippen LogP contribution >= 0.6 is 12.2 Å². The van der Waals surface area contributed by atoms with Gasteiger partial charge in [-0.1, -0.05) is 18.6 Å². The Morgan fingerprint density at radius 3 is 2.78 bits per heavy atom. The standard InChI is InChI=1S/C16H18N4O2S/c21-14-11-3-1-2-4-12(11)18-16(22)20(14)19-15(23)17-13-8-9-5-6-10(13)7-9/h1-4,9-10,13H,5-8H2,(H,18,22)(H2,17,19,23). The summed E-state index contributed by atoms with van der Waals surface area (Å²) >= 11 is 5.30. The van der Waals surface area contributed by atoms with Gasteiger partial charge in [0.05, 0.1) is 10.9 Å².